The first kappa shape index (κ1) is 14.6. The summed E-state index contributed by atoms with van der Waals surface area (Å²) in [6, 6.07) is 6.96. The summed E-state index contributed by atoms with van der Waals surface area (Å²) in [6.45, 7) is 0. The van der Waals surface area contributed by atoms with Gasteiger partial charge in [-0.25, -0.2) is 9.59 Å². The normalized spacial score (nSPS) is 10.6. The standard InChI is InChI=1S/C13H15NO5/c1-17-11-7-5-4-6-9(11)14-10(13(16)19-3)8-12(15)18-2/h4-8,14H,1-3H3. The third-order valence-corrected chi connectivity index (χ3v) is 2.24. The quantitative estimate of drug-likeness (QED) is 0.639. The molecule has 19 heavy (non-hydrogen) atoms. The van der Waals surface area contributed by atoms with Crippen LogP contribution in [0, 0.1) is 0 Å². The van der Waals surface area contributed by atoms with Gasteiger partial charge in [0.15, 0.2) is 0 Å². The number of methoxy groups -OCH3 is 3. The molecule has 1 aromatic carbocycles. The Hall–Kier alpha value is -2.50. The molecule has 0 aliphatic rings. The lowest BCUT2D eigenvalue weighted by atomic mass is 10.2. The maximum absolute atomic E-state index is 11.6. The van der Waals surface area contributed by atoms with Crippen LogP contribution in [-0.2, 0) is 19.1 Å². The number of esters is 2. The number of carbonyl (C=O) groups excluding carboxylic acids is 2. The maximum Gasteiger partial charge on any atom is 0.354 e. The van der Waals surface area contributed by atoms with Crippen molar-refractivity contribution in [3.05, 3.63) is 36.0 Å². The van der Waals surface area contributed by atoms with Crippen molar-refractivity contribution in [2.45, 2.75) is 0 Å². The van der Waals surface area contributed by atoms with Crippen LogP contribution >= 0.6 is 0 Å². The number of carbonyl (C=O) groups is 2. The van der Waals surface area contributed by atoms with E-state index in [0.29, 0.717) is 11.4 Å². The Bertz CT molecular complexity index is 496. The molecule has 0 radical (unpaired) electrons. The number of anilines is 1. The fourth-order valence-electron chi connectivity index (χ4n) is 1.33. The molecule has 1 rings (SSSR count). The Balaban J connectivity index is 3.04. The number of rotatable bonds is 5. The molecule has 0 aromatic heterocycles. The molecule has 6 nitrogen and oxygen atoms in total. The Kier molecular flexibility index (Phi) is 5.40. The molecule has 0 spiro atoms. The van der Waals surface area contributed by atoms with Gasteiger partial charge in [-0.2, -0.15) is 0 Å². The summed E-state index contributed by atoms with van der Waals surface area (Å²) in [7, 11) is 3.94. The van der Waals surface area contributed by atoms with Crippen LogP contribution in [-0.4, -0.2) is 33.3 Å². The van der Waals surface area contributed by atoms with Gasteiger partial charge in [0.25, 0.3) is 0 Å². The zero-order chi connectivity index (χ0) is 14.3. The van der Waals surface area contributed by atoms with E-state index in [1.165, 1.54) is 21.3 Å². The average molecular weight is 265 g/mol. The molecule has 1 N–H and O–H groups in total. The molecule has 0 saturated carbocycles. The third kappa shape index (κ3) is 4.02. The van der Waals surface area contributed by atoms with Gasteiger partial charge >= 0.3 is 11.9 Å². The predicted molar refractivity (Wildman–Crippen MR) is 68.7 cm³/mol. The average Bonchev–Trinajstić information content (AvgIpc) is 2.45. The van der Waals surface area contributed by atoms with E-state index in [-0.39, 0.29) is 5.70 Å². The summed E-state index contributed by atoms with van der Waals surface area (Å²) in [5, 5.41) is 2.78. The van der Waals surface area contributed by atoms with Crippen LogP contribution in [0.4, 0.5) is 5.69 Å². The second-order valence-electron chi connectivity index (χ2n) is 3.40. The number of benzene rings is 1. The molecule has 102 valence electrons. The molecule has 0 bridgehead atoms. The van der Waals surface area contributed by atoms with E-state index in [9.17, 15) is 9.59 Å². The summed E-state index contributed by atoms with van der Waals surface area (Å²) in [5.41, 5.74) is 0.490. The molecule has 0 aliphatic carbocycles. The van der Waals surface area contributed by atoms with Crippen molar-refractivity contribution in [3.8, 4) is 5.75 Å². The minimum atomic E-state index is -0.684. The minimum absolute atomic E-state index is 0.0427. The monoisotopic (exact) mass is 265 g/mol. The number of hydrogen-bond donors (Lipinski definition) is 1. The van der Waals surface area contributed by atoms with Crippen molar-refractivity contribution in [2.24, 2.45) is 0 Å². The van der Waals surface area contributed by atoms with E-state index >= 15 is 0 Å². The molecule has 1 aromatic rings. The molecule has 0 aliphatic heterocycles. The maximum atomic E-state index is 11.6. The Labute approximate surface area is 111 Å². The van der Waals surface area contributed by atoms with Crippen LogP contribution in [0.3, 0.4) is 0 Å². The van der Waals surface area contributed by atoms with Gasteiger partial charge in [-0.05, 0) is 12.1 Å². The first-order valence-electron chi connectivity index (χ1n) is 5.40. The lowest BCUT2D eigenvalue weighted by Crippen LogP contribution is -2.15. The van der Waals surface area contributed by atoms with Gasteiger partial charge in [0.05, 0.1) is 33.1 Å². The van der Waals surface area contributed by atoms with Gasteiger partial charge in [-0.1, -0.05) is 12.1 Å². The van der Waals surface area contributed by atoms with Crippen LogP contribution < -0.4 is 10.1 Å². The fraction of sp³-hybridized carbons (Fsp3) is 0.231. The van der Waals surface area contributed by atoms with E-state index in [1.54, 1.807) is 24.3 Å². The number of ether oxygens (including phenoxy) is 3. The highest BCUT2D eigenvalue weighted by molar-refractivity contribution is 5.99. The molecule has 0 fully saturated rings. The molecule has 0 unspecified atom stereocenters. The van der Waals surface area contributed by atoms with E-state index in [4.69, 9.17) is 4.74 Å². The molecular weight excluding hydrogens is 250 g/mol. The molecule has 0 saturated heterocycles. The Morgan fingerprint density at radius 1 is 1.11 bits per heavy atom. The van der Waals surface area contributed by atoms with E-state index in [1.807, 2.05) is 0 Å². The van der Waals surface area contributed by atoms with Gasteiger partial charge in [-0.15, -0.1) is 0 Å². The second-order valence-corrected chi connectivity index (χ2v) is 3.40. The molecule has 0 atom stereocenters. The van der Waals surface area contributed by atoms with Gasteiger partial charge in [0.1, 0.15) is 11.4 Å². The molecule has 6 heteroatoms. The molecular formula is C13H15NO5. The highest BCUT2D eigenvalue weighted by Crippen LogP contribution is 2.24. The highest BCUT2D eigenvalue weighted by Gasteiger charge is 2.14. The van der Waals surface area contributed by atoms with Gasteiger partial charge in [0.2, 0.25) is 0 Å². The van der Waals surface area contributed by atoms with Gasteiger partial charge in [-0.3, -0.25) is 0 Å². The van der Waals surface area contributed by atoms with E-state index in [0.717, 1.165) is 6.08 Å². The van der Waals surface area contributed by atoms with Crippen LogP contribution in [0.5, 0.6) is 5.75 Å². The van der Waals surface area contributed by atoms with Crippen molar-refractivity contribution in [3.63, 3.8) is 0 Å². The second kappa shape index (κ2) is 7.05. The Morgan fingerprint density at radius 2 is 1.79 bits per heavy atom. The summed E-state index contributed by atoms with van der Waals surface area (Å²) < 4.78 is 14.2. The topological polar surface area (TPSA) is 73.9 Å². The molecule has 0 heterocycles. The fourth-order valence-corrected chi connectivity index (χ4v) is 1.33. The highest BCUT2D eigenvalue weighted by atomic mass is 16.5. The number of nitrogens with one attached hydrogen (secondary N) is 1. The van der Waals surface area contributed by atoms with Crippen molar-refractivity contribution in [1.29, 1.82) is 0 Å². The predicted octanol–water partition coefficient (Wildman–Crippen LogP) is 1.34. The first-order chi connectivity index (χ1) is 9.12. The smallest absolute Gasteiger partial charge is 0.354 e. The summed E-state index contributed by atoms with van der Waals surface area (Å²) in [5.74, 6) is -0.818. The number of para-hydroxylation sites is 2. The minimum Gasteiger partial charge on any atom is -0.495 e. The lowest BCUT2D eigenvalue weighted by molar-refractivity contribution is -0.138. The SMILES string of the molecule is COC(=O)C=C(Nc1ccccc1OC)C(=O)OC. The number of hydrogen-bond acceptors (Lipinski definition) is 6. The van der Waals surface area contributed by atoms with E-state index in [2.05, 4.69) is 14.8 Å². The molecule has 0 amide bonds. The largest absolute Gasteiger partial charge is 0.495 e. The van der Waals surface area contributed by atoms with Crippen LogP contribution in [0.2, 0.25) is 0 Å². The lowest BCUT2D eigenvalue weighted by Gasteiger charge is -2.12. The van der Waals surface area contributed by atoms with Crippen LogP contribution in [0.25, 0.3) is 0 Å². The van der Waals surface area contributed by atoms with E-state index < -0.39 is 11.9 Å². The summed E-state index contributed by atoms with van der Waals surface area (Å²) in [4.78, 5) is 22.8. The summed E-state index contributed by atoms with van der Waals surface area (Å²) >= 11 is 0. The van der Waals surface area contributed by atoms with Crippen molar-refractivity contribution in [2.75, 3.05) is 26.6 Å². The van der Waals surface area contributed by atoms with Crippen molar-refractivity contribution in [1.82, 2.24) is 0 Å². The third-order valence-electron chi connectivity index (χ3n) is 2.24. The van der Waals surface area contributed by atoms with Crippen molar-refractivity contribution >= 4 is 17.6 Å². The van der Waals surface area contributed by atoms with Crippen LogP contribution in [0.1, 0.15) is 0 Å². The Morgan fingerprint density at radius 3 is 2.37 bits per heavy atom. The zero-order valence-corrected chi connectivity index (χ0v) is 10.9. The van der Waals surface area contributed by atoms with Crippen molar-refractivity contribution < 1.29 is 23.8 Å². The first-order valence-corrected chi connectivity index (χ1v) is 5.40. The zero-order valence-electron chi connectivity index (χ0n) is 10.9. The van der Waals surface area contributed by atoms with Gasteiger partial charge < -0.3 is 19.5 Å². The summed E-state index contributed by atoms with van der Waals surface area (Å²) in [6.07, 6.45) is 1.01. The van der Waals surface area contributed by atoms with Crippen LogP contribution in [0.15, 0.2) is 36.0 Å². The van der Waals surface area contributed by atoms with Gasteiger partial charge in [0, 0.05) is 0 Å².